The number of aromatic nitrogens is 1. The number of hydrogen-bond acceptors (Lipinski definition) is 3. The number of rotatable bonds is 4. The van der Waals surface area contributed by atoms with Crippen LogP contribution >= 0.6 is 11.3 Å². The van der Waals surface area contributed by atoms with E-state index < -0.39 is 0 Å². The molecule has 1 aromatic carbocycles. The Morgan fingerprint density at radius 3 is 2.65 bits per heavy atom. The molecule has 17 heavy (non-hydrogen) atoms. The van der Waals surface area contributed by atoms with Crippen LogP contribution in [0.3, 0.4) is 0 Å². The van der Waals surface area contributed by atoms with E-state index >= 15 is 0 Å². The van der Waals surface area contributed by atoms with E-state index in [4.69, 9.17) is 5.73 Å². The molecule has 0 spiro atoms. The molecule has 2 aromatic rings. The zero-order chi connectivity index (χ0) is 12.3. The van der Waals surface area contributed by atoms with Gasteiger partial charge >= 0.3 is 0 Å². The lowest BCUT2D eigenvalue weighted by Crippen LogP contribution is -1.92. The summed E-state index contributed by atoms with van der Waals surface area (Å²) in [6.45, 7) is 4.31. The maximum atomic E-state index is 5.77. The Bertz CT molecular complexity index is 503. The minimum atomic E-state index is 0.684. The van der Waals surface area contributed by atoms with Crippen LogP contribution in [-0.4, -0.2) is 4.98 Å². The minimum absolute atomic E-state index is 0.684. The summed E-state index contributed by atoms with van der Waals surface area (Å²) in [5, 5.41) is 0.684. The average molecular weight is 246 g/mol. The lowest BCUT2D eigenvalue weighted by molar-refractivity contribution is 1.02. The van der Waals surface area contributed by atoms with Gasteiger partial charge in [0, 0.05) is 11.3 Å². The summed E-state index contributed by atoms with van der Waals surface area (Å²) in [7, 11) is 0. The van der Waals surface area contributed by atoms with Crippen LogP contribution in [0.1, 0.15) is 35.5 Å². The van der Waals surface area contributed by atoms with Gasteiger partial charge in [-0.2, -0.15) is 0 Å². The Balaban J connectivity index is 2.24. The van der Waals surface area contributed by atoms with Crippen LogP contribution in [0, 0.1) is 0 Å². The summed E-state index contributed by atoms with van der Waals surface area (Å²) in [6.07, 6.45) is 2.99. The molecule has 0 fully saturated rings. The van der Waals surface area contributed by atoms with Crippen molar-refractivity contribution in [1.82, 2.24) is 4.98 Å². The maximum absolute atomic E-state index is 5.77. The Hall–Kier alpha value is -1.35. The lowest BCUT2D eigenvalue weighted by Gasteiger charge is -2.03. The molecule has 1 aromatic heterocycles. The number of nitrogens with zero attached hydrogens (tertiary/aromatic N) is 1. The molecule has 0 unspecified atom stereocenters. The van der Waals surface area contributed by atoms with Crippen LogP contribution in [0.4, 0.5) is 5.13 Å². The van der Waals surface area contributed by atoms with Crippen LogP contribution in [0.25, 0.3) is 0 Å². The van der Waals surface area contributed by atoms with Crippen molar-refractivity contribution in [3.63, 3.8) is 0 Å². The smallest absolute Gasteiger partial charge is 0.180 e. The van der Waals surface area contributed by atoms with Crippen LogP contribution in [-0.2, 0) is 19.3 Å². The summed E-state index contributed by atoms with van der Waals surface area (Å²) in [5.41, 5.74) is 9.66. The van der Waals surface area contributed by atoms with Gasteiger partial charge in [-0.3, -0.25) is 0 Å². The van der Waals surface area contributed by atoms with Gasteiger partial charge in [-0.15, -0.1) is 11.3 Å². The van der Waals surface area contributed by atoms with E-state index in [0.29, 0.717) is 5.13 Å². The van der Waals surface area contributed by atoms with E-state index in [1.807, 2.05) is 0 Å². The normalized spacial score (nSPS) is 10.7. The first-order valence-electron chi connectivity index (χ1n) is 6.04. The van der Waals surface area contributed by atoms with Crippen molar-refractivity contribution in [1.29, 1.82) is 0 Å². The number of nitrogens with two attached hydrogens (primary N) is 1. The first kappa shape index (κ1) is 12.1. The van der Waals surface area contributed by atoms with Gasteiger partial charge in [0.2, 0.25) is 0 Å². The average Bonchev–Trinajstić information content (AvgIpc) is 2.69. The van der Waals surface area contributed by atoms with E-state index in [2.05, 4.69) is 43.1 Å². The van der Waals surface area contributed by atoms with Crippen LogP contribution < -0.4 is 5.73 Å². The van der Waals surface area contributed by atoms with E-state index in [1.165, 1.54) is 16.0 Å². The fourth-order valence-corrected chi connectivity index (χ4v) is 2.92. The predicted molar refractivity (Wildman–Crippen MR) is 74.5 cm³/mol. The van der Waals surface area contributed by atoms with Gasteiger partial charge in [-0.1, -0.05) is 38.1 Å². The maximum Gasteiger partial charge on any atom is 0.180 e. The van der Waals surface area contributed by atoms with Gasteiger partial charge in [-0.25, -0.2) is 4.98 Å². The summed E-state index contributed by atoms with van der Waals surface area (Å²) >= 11 is 1.61. The molecule has 0 saturated heterocycles. The first-order valence-corrected chi connectivity index (χ1v) is 6.86. The quantitative estimate of drug-likeness (QED) is 0.897. The fraction of sp³-hybridized carbons (Fsp3) is 0.357. The second-order valence-electron chi connectivity index (χ2n) is 4.13. The van der Waals surface area contributed by atoms with Gasteiger partial charge < -0.3 is 5.73 Å². The molecule has 0 bridgehead atoms. The van der Waals surface area contributed by atoms with Crippen LogP contribution in [0.15, 0.2) is 24.3 Å². The third kappa shape index (κ3) is 2.86. The van der Waals surface area contributed by atoms with Crippen molar-refractivity contribution in [2.45, 2.75) is 33.1 Å². The molecule has 0 amide bonds. The van der Waals surface area contributed by atoms with Gasteiger partial charge in [0.15, 0.2) is 5.13 Å². The fourth-order valence-electron chi connectivity index (χ4n) is 1.96. The molecule has 1 heterocycles. The van der Waals surface area contributed by atoms with Gasteiger partial charge in [0.25, 0.3) is 0 Å². The highest BCUT2D eigenvalue weighted by molar-refractivity contribution is 7.15. The van der Waals surface area contributed by atoms with Crippen molar-refractivity contribution in [3.8, 4) is 0 Å². The van der Waals surface area contributed by atoms with Crippen LogP contribution in [0.5, 0.6) is 0 Å². The molecular weight excluding hydrogens is 228 g/mol. The Labute approximate surface area is 107 Å². The summed E-state index contributed by atoms with van der Waals surface area (Å²) in [6, 6.07) is 8.75. The zero-order valence-corrected chi connectivity index (χ0v) is 11.2. The molecule has 2 rings (SSSR count). The zero-order valence-electron chi connectivity index (χ0n) is 10.4. The largest absolute Gasteiger partial charge is 0.375 e. The number of anilines is 1. The second kappa shape index (κ2) is 5.32. The third-order valence-electron chi connectivity index (χ3n) is 2.89. The Morgan fingerprint density at radius 2 is 1.94 bits per heavy atom. The minimum Gasteiger partial charge on any atom is -0.375 e. The second-order valence-corrected chi connectivity index (χ2v) is 5.24. The van der Waals surface area contributed by atoms with Gasteiger partial charge in [0.1, 0.15) is 0 Å². The molecule has 3 heteroatoms. The number of thiazole rings is 1. The van der Waals surface area contributed by atoms with Gasteiger partial charge in [-0.05, 0) is 24.0 Å². The highest BCUT2D eigenvalue weighted by atomic mass is 32.1. The van der Waals surface area contributed by atoms with Crippen molar-refractivity contribution in [3.05, 3.63) is 46.0 Å². The molecule has 0 radical (unpaired) electrons. The van der Waals surface area contributed by atoms with Crippen molar-refractivity contribution in [2.75, 3.05) is 5.73 Å². The molecule has 90 valence electrons. The van der Waals surface area contributed by atoms with Crippen LogP contribution in [0.2, 0.25) is 0 Å². The lowest BCUT2D eigenvalue weighted by atomic mass is 10.0. The molecule has 0 aliphatic carbocycles. The van der Waals surface area contributed by atoms with Crippen molar-refractivity contribution < 1.29 is 0 Å². The Morgan fingerprint density at radius 1 is 1.18 bits per heavy atom. The molecule has 2 N–H and O–H groups in total. The summed E-state index contributed by atoms with van der Waals surface area (Å²) < 4.78 is 0. The van der Waals surface area contributed by atoms with E-state index in [-0.39, 0.29) is 0 Å². The Kier molecular flexibility index (Phi) is 3.79. The van der Waals surface area contributed by atoms with Crippen molar-refractivity contribution in [2.24, 2.45) is 0 Å². The summed E-state index contributed by atoms with van der Waals surface area (Å²) in [5.74, 6) is 0. The van der Waals surface area contributed by atoms with Gasteiger partial charge in [0.05, 0.1) is 5.69 Å². The number of hydrogen-bond donors (Lipinski definition) is 1. The van der Waals surface area contributed by atoms with E-state index in [9.17, 15) is 0 Å². The molecule has 0 aliphatic heterocycles. The van der Waals surface area contributed by atoms with E-state index in [0.717, 1.165) is 25.0 Å². The monoisotopic (exact) mass is 246 g/mol. The highest BCUT2D eigenvalue weighted by Gasteiger charge is 2.08. The van der Waals surface area contributed by atoms with E-state index in [1.54, 1.807) is 11.3 Å². The molecule has 0 atom stereocenters. The predicted octanol–water partition coefficient (Wildman–Crippen LogP) is 3.44. The molecule has 0 aliphatic rings. The molecule has 2 nitrogen and oxygen atoms in total. The first-order chi connectivity index (χ1) is 8.22. The number of nitrogen functional groups attached to an aromatic ring is 1. The summed E-state index contributed by atoms with van der Waals surface area (Å²) in [4.78, 5) is 5.67. The molecule has 0 saturated carbocycles. The molecular formula is C14H18N2S. The number of benzene rings is 1. The standard InChI is InChI=1S/C14H18N2S/c1-3-10-6-5-7-11(8-10)9-13-12(4-2)16-14(15)17-13/h5-8H,3-4,9H2,1-2H3,(H2,15,16). The van der Waals surface area contributed by atoms with Crippen molar-refractivity contribution >= 4 is 16.5 Å². The third-order valence-corrected chi connectivity index (χ3v) is 3.82. The topological polar surface area (TPSA) is 38.9 Å². The number of aryl methyl sites for hydroxylation is 2. The SMILES string of the molecule is CCc1cccc(Cc2sc(N)nc2CC)c1. The highest BCUT2D eigenvalue weighted by Crippen LogP contribution is 2.24.